The van der Waals surface area contributed by atoms with Crippen molar-refractivity contribution in [3.8, 4) is 5.75 Å². The number of ether oxygens (including phenoxy) is 1. The molecule has 2 aromatic rings. The fourth-order valence-corrected chi connectivity index (χ4v) is 1.93. The van der Waals surface area contributed by atoms with Crippen molar-refractivity contribution in [3.63, 3.8) is 0 Å². The van der Waals surface area contributed by atoms with Gasteiger partial charge in [0.25, 0.3) is 5.91 Å². The number of nitrogens with zero attached hydrogens (tertiary/aromatic N) is 1. The van der Waals surface area contributed by atoms with E-state index in [0.29, 0.717) is 16.4 Å². The van der Waals surface area contributed by atoms with Crippen LogP contribution in [0.5, 0.6) is 5.75 Å². The molecule has 0 spiro atoms. The van der Waals surface area contributed by atoms with Crippen LogP contribution in [0.25, 0.3) is 0 Å². The zero-order valence-electron chi connectivity index (χ0n) is 12.9. The SMILES string of the molecule is COc1ccc(NC(=O)CO/N=C(\C)c2ccc(Cl)cc2)cc1. The Kier molecular flexibility index (Phi) is 6.00. The number of carbonyl (C=O) groups excluding carboxylic acids is 1. The van der Waals surface area contributed by atoms with Gasteiger partial charge in [-0.25, -0.2) is 0 Å². The van der Waals surface area contributed by atoms with Gasteiger partial charge in [0, 0.05) is 10.7 Å². The molecule has 0 aromatic heterocycles. The standard InChI is InChI=1S/C17H17ClN2O3/c1-12(13-3-5-14(18)6-4-13)20-23-11-17(21)19-15-7-9-16(22-2)10-8-15/h3-10H,11H2,1-2H3,(H,19,21)/b20-12+. The van der Waals surface area contributed by atoms with Crippen molar-refractivity contribution in [2.45, 2.75) is 6.92 Å². The van der Waals surface area contributed by atoms with Gasteiger partial charge in [-0.2, -0.15) is 0 Å². The van der Waals surface area contributed by atoms with Crippen LogP contribution in [-0.2, 0) is 9.63 Å². The van der Waals surface area contributed by atoms with Crippen molar-refractivity contribution in [2.24, 2.45) is 5.16 Å². The normalized spacial score (nSPS) is 11.0. The molecule has 0 fully saturated rings. The number of hydrogen-bond acceptors (Lipinski definition) is 4. The molecule has 0 saturated carbocycles. The lowest BCUT2D eigenvalue weighted by molar-refractivity contribution is -0.120. The van der Waals surface area contributed by atoms with Crippen molar-refractivity contribution in [3.05, 3.63) is 59.1 Å². The number of hydrogen-bond donors (Lipinski definition) is 1. The third-order valence-corrected chi connectivity index (χ3v) is 3.28. The molecule has 120 valence electrons. The molecule has 23 heavy (non-hydrogen) atoms. The van der Waals surface area contributed by atoms with E-state index in [4.69, 9.17) is 21.2 Å². The molecule has 5 nitrogen and oxygen atoms in total. The first-order chi connectivity index (χ1) is 11.1. The summed E-state index contributed by atoms with van der Waals surface area (Å²) in [5.74, 6) is 0.435. The number of nitrogens with one attached hydrogen (secondary N) is 1. The second-order valence-corrected chi connectivity index (χ2v) is 5.17. The zero-order valence-corrected chi connectivity index (χ0v) is 13.6. The first kappa shape index (κ1) is 16.8. The van der Waals surface area contributed by atoms with Crippen LogP contribution < -0.4 is 10.1 Å². The minimum absolute atomic E-state index is 0.170. The Hall–Kier alpha value is -2.53. The Morgan fingerprint density at radius 2 is 1.78 bits per heavy atom. The van der Waals surface area contributed by atoms with Crippen LogP contribution >= 0.6 is 11.6 Å². The summed E-state index contributed by atoms with van der Waals surface area (Å²) in [6, 6.07) is 14.2. The van der Waals surface area contributed by atoms with Crippen molar-refractivity contribution in [1.82, 2.24) is 0 Å². The Morgan fingerprint density at radius 3 is 2.39 bits per heavy atom. The van der Waals surface area contributed by atoms with Crippen molar-refractivity contribution in [1.29, 1.82) is 0 Å². The Labute approximate surface area is 139 Å². The van der Waals surface area contributed by atoms with E-state index in [1.165, 1.54) is 0 Å². The van der Waals surface area contributed by atoms with Gasteiger partial charge >= 0.3 is 0 Å². The molecule has 0 bridgehead atoms. The molecule has 0 aliphatic rings. The molecule has 6 heteroatoms. The summed E-state index contributed by atoms with van der Waals surface area (Å²) in [5.41, 5.74) is 2.21. The maximum atomic E-state index is 11.8. The number of methoxy groups -OCH3 is 1. The van der Waals surface area contributed by atoms with E-state index < -0.39 is 0 Å². The summed E-state index contributed by atoms with van der Waals surface area (Å²) in [6.45, 7) is 1.63. The van der Waals surface area contributed by atoms with Gasteiger partial charge in [-0.15, -0.1) is 0 Å². The van der Waals surface area contributed by atoms with E-state index in [1.807, 2.05) is 12.1 Å². The summed E-state index contributed by atoms with van der Waals surface area (Å²) in [4.78, 5) is 16.9. The first-order valence-electron chi connectivity index (χ1n) is 6.95. The van der Waals surface area contributed by atoms with Crippen LogP contribution in [-0.4, -0.2) is 25.3 Å². The Bertz CT molecular complexity index is 682. The fourth-order valence-electron chi connectivity index (χ4n) is 1.80. The Morgan fingerprint density at radius 1 is 1.13 bits per heavy atom. The summed E-state index contributed by atoms with van der Waals surface area (Å²) in [5, 5.41) is 7.29. The van der Waals surface area contributed by atoms with Gasteiger partial charge in [0.1, 0.15) is 5.75 Å². The summed E-state index contributed by atoms with van der Waals surface area (Å²) >= 11 is 5.83. The molecular weight excluding hydrogens is 316 g/mol. The number of rotatable bonds is 6. The lowest BCUT2D eigenvalue weighted by Crippen LogP contribution is -2.17. The molecule has 2 rings (SSSR count). The van der Waals surface area contributed by atoms with Crippen molar-refractivity contribution in [2.75, 3.05) is 19.0 Å². The first-order valence-corrected chi connectivity index (χ1v) is 7.32. The highest BCUT2D eigenvalue weighted by molar-refractivity contribution is 6.30. The smallest absolute Gasteiger partial charge is 0.265 e. The highest BCUT2D eigenvalue weighted by Gasteiger charge is 2.04. The van der Waals surface area contributed by atoms with Gasteiger partial charge in [-0.1, -0.05) is 28.9 Å². The third kappa shape index (κ3) is 5.30. The minimum Gasteiger partial charge on any atom is -0.497 e. The molecule has 0 aliphatic carbocycles. The van der Waals surface area contributed by atoms with E-state index in [2.05, 4.69) is 10.5 Å². The molecule has 0 saturated heterocycles. The maximum absolute atomic E-state index is 11.8. The number of benzene rings is 2. The summed E-state index contributed by atoms with van der Waals surface area (Å²) < 4.78 is 5.05. The zero-order chi connectivity index (χ0) is 16.7. The van der Waals surface area contributed by atoms with Gasteiger partial charge in [0.05, 0.1) is 12.8 Å². The van der Waals surface area contributed by atoms with Crippen molar-refractivity contribution < 1.29 is 14.4 Å². The average molecular weight is 333 g/mol. The molecular formula is C17H17ClN2O3. The number of carbonyl (C=O) groups is 1. The summed E-state index contributed by atoms with van der Waals surface area (Å²) in [7, 11) is 1.59. The molecule has 2 aromatic carbocycles. The number of anilines is 1. The average Bonchev–Trinajstić information content (AvgIpc) is 2.56. The Balaban J connectivity index is 1.83. The monoisotopic (exact) mass is 332 g/mol. The molecule has 0 aliphatic heterocycles. The third-order valence-electron chi connectivity index (χ3n) is 3.03. The number of halogens is 1. The van der Waals surface area contributed by atoms with Crippen LogP contribution in [0.3, 0.4) is 0 Å². The van der Waals surface area contributed by atoms with E-state index in [0.717, 1.165) is 11.3 Å². The lowest BCUT2D eigenvalue weighted by atomic mass is 10.1. The lowest BCUT2D eigenvalue weighted by Gasteiger charge is -2.06. The molecule has 0 radical (unpaired) electrons. The second-order valence-electron chi connectivity index (χ2n) is 4.73. The largest absolute Gasteiger partial charge is 0.497 e. The van der Waals surface area contributed by atoms with Crippen molar-refractivity contribution >= 4 is 28.9 Å². The number of amides is 1. The van der Waals surface area contributed by atoms with Crippen LogP contribution in [0.4, 0.5) is 5.69 Å². The van der Waals surface area contributed by atoms with Crippen LogP contribution in [0, 0.1) is 0 Å². The quantitative estimate of drug-likeness (QED) is 0.647. The van der Waals surface area contributed by atoms with Gasteiger partial charge < -0.3 is 14.9 Å². The predicted molar refractivity (Wildman–Crippen MR) is 91.2 cm³/mol. The summed E-state index contributed by atoms with van der Waals surface area (Å²) in [6.07, 6.45) is 0. The van der Waals surface area contributed by atoms with Gasteiger partial charge in [-0.3, -0.25) is 4.79 Å². The second kappa shape index (κ2) is 8.19. The number of oxime groups is 1. The van der Waals surface area contributed by atoms with E-state index in [-0.39, 0.29) is 12.5 Å². The highest BCUT2D eigenvalue weighted by atomic mass is 35.5. The van der Waals surface area contributed by atoms with E-state index >= 15 is 0 Å². The van der Waals surface area contributed by atoms with Crippen LogP contribution in [0.2, 0.25) is 5.02 Å². The van der Waals surface area contributed by atoms with Gasteiger partial charge in [-0.05, 0) is 48.9 Å². The topological polar surface area (TPSA) is 59.9 Å². The fraction of sp³-hybridized carbons (Fsp3) is 0.176. The predicted octanol–water partition coefficient (Wildman–Crippen LogP) is 3.73. The van der Waals surface area contributed by atoms with E-state index in [9.17, 15) is 4.79 Å². The molecule has 0 heterocycles. The molecule has 0 atom stereocenters. The van der Waals surface area contributed by atoms with Gasteiger partial charge in [0.15, 0.2) is 6.61 Å². The van der Waals surface area contributed by atoms with E-state index in [1.54, 1.807) is 50.4 Å². The van der Waals surface area contributed by atoms with Gasteiger partial charge in [0.2, 0.25) is 0 Å². The minimum atomic E-state index is -0.289. The van der Waals surface area contributed by atoms with Crippen LogP contribution in [0.1, 0.15) is 12.5 Å². The molecule has 1 N–H and O–H groups in total. The molecule has 0 unspecified atom stereocenters. The molecule has 1 amide bonds. The van der Waals surface area contributed by atoms with Crippen LogP contribution in [0.15, 0.2) is 53.7 Å². The maximum Gasteiger partial charge on any atom is 0.265 e. The highest BCUT2D eigenvalue weighted by Crippen LogP contribution is 2.15.